The van der Waals surface area contributed by atoms with Crippen LogP contribution in [0.2, 0.25) is 0 Å². The Balaban J connectivity index is 2.16. The van der Waals surface area contributed by atoms with Crippen molar-refractivity contribution in [1.29, 1.82) is 0 Å². The van der Waals surface area contributed by atoms with Gasteiger partial charge < -0.3 is 10.0 Å². The SMILES string of the molecule is CCN1CCC(c2cc(O)ccc2C)CC1C. The van der Waals surface area contributed by atoms with E-state index in [-0.39, 0.29) is 0 Å². The van der Waals surface area contributed by atoms with Crippen molar-refractivity contribution < 1.29 is 5.11 Å². The number of aromatic hydroxyl groups is 1. The molecule has 1 aliphatic rings. The maximum absolute atomic E-state index is 9.62. The molecule has 1 aromatic carbocycles. The minimum Gasteiger partial charge on any atom is -0.508 e. The molecule has 1 aliphatic heterocycles. The van der Waals surface area contributed by atoms with E-state index in [1.54, 1.807) is 6.07 Å². The normalized spacial score (nSPS) is 26.1. The third kappa shape index (κ3) is 2.63. The first-order valence-corrected chi connectivity index (χ1v) is 6.65. The van der Waals surface area contributed by atoms with E-state index in [1.165, 1.54) is 30.5 Å². The lowest BCUT2D eigenvalue weighted by atomic mass is 9.84. The van der Waals surface area contributed by atoms with Crippen LogP contribution in [0.4, 0.5) is 0 Å². The first-order valence-electron chi connectivity index (χ1n) is 6.65. The van der Waals surface area contributed by atoms with E-state index in [4.69, 9.17) is 0 Å². The van der Waals surface area contributed by atoms with Crippen LogP contribution in [-0.4, -0.2) is 29.1 Å². The molecule has 1 aromatic rings. The van der Waals surface area contributed by atoms with Crippen LogP contribution >= 0.6 is 0 Å². The number of aryl methyl sites for hydroxylation is 1. The van der Waals surface area contributed by atoms with Gasteiger partial charge in [0, 0.05) is 6.04 Å². The molecule has 17 heavy (non-hydrogen) atoms. The van der Waals surface area contributed by atoms with Gasteiger partial charge in [-0.2, -0.15) is 0 Å². The minimum absolute atomic E-state index is 0.399. The fourth-order valence-electron chi connectivity index (χ4n) is 3.04. The number of hydrogen-bond donors (Lipinski definition) is 1. The topological polar surface area (TPSA) is 23.5 Å². The lowest BCUT2D eigenvalue weighted by molar-refractivity contribution is 0.154. The molecule has 2 nitrogen and oxygen atoms in total. The van der Waals surface area contributed by atoms with Crippen LogP contribution in [0, 0.1) is 6.92 Å². The summed E-state index contributed by atoms with van der Waals surface area (Å²) in [4.78, 5) is 2.54. The summed E-state index contributed by atoms with van der Waals surface area (Å²) in [7, 11) is 0. The Morgan fingerprint density at radius 2 is 2.18 bits per heavy atom. The molecular weight excluding hydrogens is 210 g/mol. The quantitative estimate of drug-likeness (QED) is 0.847. The number of piperidine rings is 1. The van der Waals surface area contributed by atoms with Gasteiger partial charge in [0.05, 0.1) is 0 Å². The molecule has 2 heteroatoms. The van der Waals surface area contributed by atoms with Gasteiger partial charge in [0.15, 0.2) is 0 Å². The van der Waals surface area contributed by atoms with Crippen LogP contribution in [0.5, 0.6) is 5.75 Å². The number of phenols is 1. The maximum atomic E-state index is 9.62. The van der Waals surface area contributed by atoms with E-state index in [2.05, 4.69) is 25.7 Å². The van der Waals surface area contributed by atoms with Crippen LogP contribution < -0.4 is 0 Å². The maximum Gasteiger partial charge on any atom is 0.115 e. The third-order valence-corrected chi connectivity index (χ3v) is 4.12. The first-order chi connectivity index (χ1) is 8.11. The van der Waals surface area contributed by atoms with Gasteiger partial charge >= 0.3 is 0 Å². The van der Waals surface area contributed by atoms with Gasteiger partial charge in [-0.1, -0.05) is 13.0 Å². The Kier molecular flexibility index (Phi) is 3.72. The van der Waals surface area contributed by atoms with Gasteiger partial charge in [0.25, 0.3) is 0 Å². The molecule has 1 saturated heterocycles. The van der Waals surface area contributed by atoms with E-state index in [0.29, 0.717) is 17.7 Å². The van der Waals surface area contributed by atoms with Gasteiger partial charge in [-0.3, -0.25) is 0 Å². The van der Waals surface area contributed by atoms with Gasteiger partial charge in [-0.05, 0) is 69.0 Å². The van der Waals surface area contributed by atoms with Crippen LogP contribution in [0.3, 0.4) is 0 Å². The number of phenolic OH excluding ortho intramolecular Hbond substituents is 1. The highest BCUT2D eigenvalue weighted by molar-refractivity contribution is 5.36. The molecule has 0 saturated carbocycles. The highest BCUT2D eigenvalue weighted by Crippen LogP contribution is 2.34. The van der Waals surface area contributed by atoms with Gasteiger partial charge in [0.2, 0.25) is 0 Å². The van der Waals surface area contributed by atoms with E-state index in [1.807, 2.05) is 12.1 Å². The van der Waals surface area contributed by atoms with Crippen molar-refractivity contribution in [3.05, 3.63) is 29.3 Å². The number of likely N-dealkylation sites (tertiary alicyclic amines) is 1. The standard InChI is InChI=1S/C15H23NO/c1-4-16-8-7-13(9-12(16)3)15-10-14(17)6-5-11(15)2/h5-6,10,12-13,17H,4,7-9H2,1-3H3. The molecule has 1 fully saturated rings. The van der Waals surface area contributed by atoms with Crippen molar-refractivity contribution >= 4 is 0 Å². The van der Waals surface area contributed by atoms with Gasteiger partial charge in [-0.15, -0.1) is 0 Å². The summed E-state index contributed by atoms with van der Waals surface area (Å²) in [6.45, 7) is 9.01. The zero-order chi connectivity index (χ0) is 12.4. The van der Waals surface area contributed by atoms with Gasteiger partial charge in [0.1, 0.15) is 5.75 Å². The molecule has 0 spiro atoms. The molecule has 94 valence electrons. The molecule has 2 unspecified atom stereocenters. The molecule has 0 aromatic heterocycles. The molecule has 1 N–H and O–H groups in total. The number of nitrogens with zero attached hydrogens (tertiary/aromatic N) is 1. The Labute approximate surface area is 104 Å². The Hall–Kier alpha value is -1.02. The summed E-state index contributed by atoms with van der Waals surface area (Å²) < 4.78 is 0. The largest absolute Gasteiger partial charge is 0.508 e. The molecular formula is C15H23NO. The second-order valence-corrected chi connectivity index (χ2v) is 5.24. The number of hydrogen-bond acceptors (Lipinski definition) is 2. The summed E-state index contributed by atoms with van der Waals surface area (Å²) in [5.74, 6) is 1.01. The summed E-state index contributed by atoms with van der Waals surface area (Å²) in [6.07, 6.45) is 2.42. The molecule has 2 atom stereocenters. The van der Waals surface area contributed by atoms with E-state index >= 15 is 0 Å². The predicted molar refractivity (Wildman–Crippen MR) is 71.5 cm³/mol. The molecule has 0 radical (unpaired) electrons. The minimum atomic E-state index is 0.399. The van der Waals surface area contributed by atoms with Crippen molar-refractivity contribution in [2.45, 2.75) is 45.6 Å². The lowest BCUT2D eigenvalue weighted by Crippen LogP contribution is -2.39. The second kappa shape index (κ2) is 5.09. The van der Waals surface area contributed by atoms with E-state index in [0.717, 1.165) is 6.54 Å². The molecule has 0 aliphatic carbocycles. The zero-order valence-corrected chi connectivity index (χ0v) is 11.1. The lowest BCUT2D eigenvalue weighted by Gasteiger charge is -2.37. The van der Waals surface area contributed by atoms with Crippen LogP contribution in [-0.2, 0) is 0 Å². The predicted octanol–water partition coefficient (Wildman–Crippen LogP) is 3.29. The Morgan fingerprint density at radius 1 is 1.41 bits per heavy atom. The molecule has 2 rings (SSSR count). The summed E-state index contributed by atoms with van der Waals surface area (Å²) >= 11 is 0. The van der Waals surface area contributed by atoms with Crippen molar-refractivity contribution in [2.24, 2.45) is 0 Å². The van der Waals surface area contributed by atoms with Crippen LogP contribution in [0.1, 0.15) is 43.7 Å². The van der Waals surface area contributed by atoms with Crippen molar-refractivity contribution in [3.8, 4) is 5.75 Å². The Bertz CT molecular complexity index is 389. The summed E-state index contributed by atoms with van der Waals surface area (Å²) in [5, 5.41) is 9.62. The molecule has 1 heterocycles. The second-order valence-electron chi connectivity index (χ2n) is 5.24. The van der Waals surface area contributed by atoms with Crippen molar-refractivity contribution in [1.82, 2.24) is 4.90 Å². The average molecular weight is 233 g/mol. The average Bonchev–Trinajstić information content (AvgIpc) is 2.32. The molecule has 0 bridgehead atoms. The van der Waals surface area contributed by atoms with Crippen LogP contribution in [0.25, 0.3) is 0 Å². The Morgan fingerprint density at radius 3 is 2.82 bits per heavy atom. The third-order valence-electron chi connectivity index (χ3n) is 4.12. The van der Waals surface area contributed by atoms with Crippen molar-refractivity contribution in [3.63, 3.8) is 0 Å². The molecule has 0 amide bonds. The van der Waals surface area contributed by atoms with E-state index in [9.17, 15) is 5.11 Å². The van der Waals surface area contributed by atoms with Crippen LogP contribution in [0.15, 0.2) is 18.2 Å². The first kappa shape index (κ1) is 12.4. The summed E-state index contributed by atoms with van der Waals surface area (Å²) in [5.41, 5.74) is 2.65. The smallest absolute Gasteiger partial charge is 0.115 e. The highest BCUT2D eigenvalue weighted by Gasteiger charge is 2.26. The zero-order valence-electron chi connectivity index (χ0n) is 11.1. The summed E-state index contributed by atoms with van der Waals surface area (Å²) in [6, 6.07) is 6.42. The highest BCUT2D eigenvalue weighted by atomic mass is 16.3. The van der Waals surface area contributed by atoms with E-state index < -0.39 is 0 Å². The van der Waals surface area contributed by atoms with Crippen molar-refractivity contribution in [2.75, 3.05) is 13.1 Å². The number of benzene rings is 1. The number of rotatable bonds is 2. The fourth-order valence-corrected chi connectivity index (χ4v) is 3.04. The monoisotopic (exact) mass is 233 g/mol. The van der Waals surface area contributed by atoms with Gasteiger partial charge in [-0.25, -0.2) is 0 Å². The fraction of sp³-hybridized carbons (Fsp3) is 0.600.